The van der Waals surface area contributed by atoms with Gasteiger partial charge in [-0.3, -0.25) is 0 Å². The Balaban J connectivity index is 2.74. The third-order valence-corrected chi connectivity index (χ3v) is 2.19. The number of nitrogens with one attached hydrogen (secondary N) is 1. The molecule has 4 atom stereocenters. The van der Waals surface area contributed by atoms with Gasteiger partial charge >= 0.3 is 0 Å². The molecule has 0 aromatic heterocycles. The van der Waals surface area contributed by atoms with E-state index in [1.165, 1.54) is 6.92 Å². The van der Waals surface area contributed by atoms with Crippen LogP contribution in [0.1, 0.15) is 6.92 Å². The van der Waals surface area contributed by atoms with Gasteiger partial charge in [-0.1, -0.05) is 0 Å². The summed E-state index contributed by atoms with van der Waals surface area (Å²) in [6.45, 7) is 1.74. The molecule has 0 bridgehead atoms. The molecule has 1 fully saturated rings. The highest BCUT2D eigenvalue weighted by atomic mass is 16.4. The first-order valence-corrected chi connectivity index (χ1v) is 3.92. The lowest BCUT2D eigenvalue weighted by Crippen LogP contribution is -2.51. The largest absolute Gasteiger partial charge is 0.389 e. The van der Waals surface area contributed by atoms with Gasteiger partial charge in [0.2, 0.25) is 0 Å². The Bertz CT molecular complexity index is 161. The summed E-state index contributed by atoms with van der Waals surface area (Å²) in [6, 6.07) is 0. The first-order valence-electron chi connectivity index (χ1n) is 3.92. The molecule has 1 heterocycles. The van der Waals surface area contributed by atoms with Gasteiger partial charge in [0.1, 0.15) is 17.8 Å². The maximum absolute atomic E-state index is 9.53. The van der Waals surface area contributed by atoms with Gasteiger partial charge in [-0.05, 0) is 6.92 Å². The zero-order chi connectivity index (χ0) is 9.35. The highest BCUT2D eigenvalue weighted by Gasteiger charge is 2.40. The minimum Gasteiger partial charge on any atom is -0.389 e. The van der Waals surface area contributed by atoms with E-state index in [0.29, 0.717) is 0 Å². The van der Waals surface area contributed by atoms with Crippen LogP contribution in [0.5, 0.6) is 0 Å². The van der Waals surface area contributed by atoms with Crippen LogP contribution >= 0.6 is 0 Å². The van der Waals surface area contributed by atoms with Gasteiger partial charge in [0.15, 0.2) is 0 Å². The topological polar surface area (TPSA) is 93.0 Å². The summed E-state index contributed by atoms with van der Waals surface area (Å²) >= 11 is 0. The number of hydrogen-bond donors (Lipinski definition) is 5. The van der Waals surface area contributed by atoms with E-state index in [9.17, 15) is 20.4 Å². The molecule has 1 saturated heterocycles. The standard InChI is InChI=1S/C7H15NO4/c1-7(12)3-8-2-4(9)5(10)6(7)11/h4-6,8-12H,2-3H2,1H3/t4-,5+,6-,7-/m1/s1. The fourth-order valence-corrected chi connectivity index (χ4v) is 1.28. The molecule has 0 radical (unpaired) electrons. The van der Waals surface area contributed by atoms with E-state index in [0.717, 1.165) is 0 Å². The maximum atomic E-state index is 9.53. The van der Waals surface area contributed by atoms with Crippen molar-refractivity contribution in [2.45, 2.75) is 30.8 Å². The van der Waals surface area contributed by atoms with E-state index < -0.39 is 23.9 Å². The van der Waals surface area contributed by atoms with Gasteiger partial charge in [-0.2, -0.15) is 0 Å². The van der Waals surface area contributed by atoms with Gasteiger partial charge < -0.3 is 25.7 Å². The second kappa shape index (κ2) is 3.27. The zero-order valence-corrected chi connectivity index (χ0v) is 6.94. The number of aliphatic hydroxyl groups excluding tert-OH is 3. The van der Waals surface area contributed by atoms with Crippen molar-refractivity contribution in [1.82, 2.24) is 5.32 Å². The lowest BCUT2D eigenvalue weighted by molar-refractivity contribution is -0.129. The van der Waals surface area contributed by atoms with Crippen LogP contribution in [0.15, 0.2) is 0 Å². The Hall–Kier alpha value is -0.200. The molecule has 1 rings (SSSR count). The van der Waals surface area contributed by atoms with Crippen LogP contribution < -0.4 is 5.32 Å². The molecule has 5 N–H and O–H groups in total. The molecule has 72 valence electrons. The van der Waals surface area contributed by atoms with Crippen molar-refractivity contribution in [3.05, 3.63) is 0 Å². The molecular formula is C7H15NO4. The molecular weight excluding hydrogens is 162 g/mol. The average Bonchev–Trinajstić information content (AvgIpc) is 2.06. The summed E-state index contributed by atoms with van der Waals surface area (Å²) < 4.78 is 0. The third-order valence-electron chi connectivity index (χ3n) is 2.19. The second-order valence-corrected chi connectivity index (χ2v) is 3.49. The van der Waals surface area contributed by atoms with Gasteiger partial charge in [-0.25, -0.2) is 0 Å². The van der Waals surface area contributed by atoms with Crippen molar-refractivity contribution in [3.63, 3.8) is 0 Å². The van der Waals surface area contributed by atoms with Crippen molar-refractivity contribution in [2.24, 2.45) is 0 Å². The summed E-state index contributed by atoms with van der Waals surface area (Å²) in [5.74, 6) is 0. The summed E-state index contributed by atoms with van der Waals surface area (Å²) in [7, 11) is 0. The normalized spacial score (nSPS) is 50.2. The van der Waals surface area contributed by atoms with Crippen LogP contribution in [0.2, 0.25) is 0 Å². The predicted octanol–water partition coefficient (Wildman–Crippen LogP) is -2.58. The summed E-state index contributed by atoms with van der Waals surface area (Å²) in [6.07, 6.45) is -3.65. The van der Waals surface area contributed by atoms with E-state index in [1.54, 1.807) is 0 Å². The van der Waals surface area contributed by atoms with E-state index in [1.807, 2.05) is 0 Å². The Kier molecular flexibility index (Phi) is 2.70. The van der Waals surface area contributed by atoms with Crippen LogP contribution in [-0.2, 0) is 0 Å². The summed E-state index contributed by atoms with van der Waals surface area (Å²) in [5, 5.41) is 40.1. The first kappa shape index (κ1) is 9.88. The molecule has 0 aromatic rings. The van der Waals surface area contributed by atoms with Gasteiger partial charge in [0.25, 0.3) is 0 Å². The first-order chi connectivity index (χ1) is 5.45. The average molecular weight is 177 g/mol. The molecule has 12 heavy (non-hydrogen) atoms. The van der Waals surface area contributed by atoms with E-state index >= 15 is 0 Å². The van der Waals surface area contributed by atoms with E-state index in [4.69, 9.17) is 0 Å². The molecule has 0 unspecified atom stereocenters. The van der Waals surface area contributed by atoms with E-state index in [-0.39, 0.29) is 13.1 Å². The zero-order valence-electron chi connectivity index (χ0n) is 6.94. The fourth-order valence-electron chi connectivity index (χ4n) is 1.28. The van der Waals surface area contributed by atoms with Crippen LogP contribution in [-0.4, -0.2) is 57.4 Å². The number of aliphatic hydroxyl groups is 4. The van der Waals surface area contributed by atoms with Crippen molar-refractivity contribution in [3.8, 4) is 0 Å². The molecule has 0 amide bonds. The number of hydrogen-bond acceptors (Lipinski definition) is 5. The molecule has 1 aliphatic rings. The highest BCUT2D eigenvalue weighted by Crippen LogP contribution is 2.17. The van der Waals surface area contributed by atoms with Gasteiger partial charge in [-0.15, -0.1) is 0 Å². The minimum absolute atomic E-state index is 0.155. The molecule has 0 saturated carbocycles. The summed E-state index contributed by atoms with van der Waals surface area (Å²) in [4.78, 5) is 0. The van der Waals surface area contributed by atoms with Crippen LogP contribution in [0.3, 0.4) is 0 Å². The second-order valence-electron chi connectivity index (χ2n) is 3.49. The Morgan fingerprint density at radius 3 is 2.50 bits per heavy atom. The molecule has 0 aromatic carbocycles. The maximum Gasteiger partial charge on any atom is 0.112 e. The molecule has 0 spiro atoms. The minimum atomic E-state index is -1.39. The lowest BCUT2D eigenvalue weighted by atomic mass is 9.94. The Morgan fingerprint density at radius 2 is 1.92 bits per heavy atom. The van der Waals surface area contributed by atoms with Crippen molar-refractivity contribution < 1.29 is 20.4 Å². The number of rotatable bonds is 0. The molecule has 1 aliphatic heterocycles. The van der Waals surface area contributed by atoms with Crippen molar-refractivity contribution in [1.29, 1.82) is 0 Å². The molecule has 0 aliphatic carbocycles. The van der Waals surface area contributed by atoms with Crippen molar-refractivity contribution >= 4 is 0 Å². The molecule has 5 nitrogen and oxygen atoms in total. The van der Waals surface area contributed by atoms with E-state index in [2.05, 4.69) is 5.32 Å². The Labute approximate surface area is 70.6 Å². The predicted molar refractivity (Wildman–Crippen MR) is 41.5 cm³/mol. The highest BCUT2D eigenvalue weighted by molar-refractivity contribution is 4.95. The Morgan fingerprint density at radius 1 is 1.33 bits per heavy atom. The summed E-state index contributed by atoms with van der Waals surface area (Å²) in [5.41, 5.74) is -1.39. The third kappa shape index (κ3) is 1.75. The lowest BCUT2D eigenvalue weighted by Gasteiger charge is -2.29. The van der Waals surface area contributed by atoms with Crippen molar-refractivity contribution in [2.75, 3.05) is 13.1 Å². The van der Waals surface area contributed by atoms with Gasteiger partial charge in [0.05, 0.1) is 6.10 Å². The molecule has 5 heteroatoms. The van der Waals surface area contributed by atoms with Crippen LogP contribution in [0.25, 0.3) is 0 Å². The van der Waals surface area contributed by atoms with Crippen LogP contribution in [0.4, 0.5) is 0 Å². The monoisotopic (exact) mass is 177 g/mol. The van der Waals surface area contributed by atoms with Gasteiger partial charge in [0, 0.05) is 13.1 Å². The van der Waals surface area contributed by atoms with Crippen LogP contribution in [0, 0.1) is 0 Å². The fraction of sp³-hybridized carbons (Fsp3) is 1.00. The SMILES string of the molecule is C[C@@]1(O)CNC[C@@H](O)[C@H](O)[C@H]1O. The quantitative estimate of drug-likeness (QED) is 0.280. The smallest absolute Gasteiger partial charge is 0.112 e. The number of β-amino-alcohol motifs (C(OH)–C–C–N with tert-alkyl or cyclic N) is 2.